The van der Waals surface area contributed by atoms with E-state index >= 15 is 0 Å². The SMILES string of the molecule is CCN[C@@H](CC(=O)N(C)C(C)(C)C)C(=O)NC(C)C(C)=O. The summed E-state index contributed by atoms with van der Waals surface area (Å²) in [7, 11) is 1.72. The number of rotatable bonds is 7. The molecule has 0 aliphatic heterocycles. The number of amides is 2. The van der Waals surface area contributed by atoms with Gasteiger partial charge in [0.05, 0.1) is 18.5 Å². The van der Waals surface area contributed by atoms with E-state index in [4.69, 9.17) is 0 Å². The average molecular weight is 299 g/mol. The van der Waals surface area contributed by atoms with Gasteiger partial charge in [-0.25, -0.2) is 0 Å². The van der Waals surface area contributed by atoms with Gasteiger partial charge in [-0.1, -0.05) is 6.92 Å². The number of likely N-dealkylation sites (N-methyl/N-ethyl adjacent to an activating group) is 1. The van der Waals surface area contributed by atoms with E-state index in [2.05, 4.69) is 10.6 Å². The second kappa shape index (κ2) is 8.12. The fraction of sp³-hybridized carbons (Fsp3) is 0.800. The number of nitrogens with zero attached hydrogens (tertiary/aromatic N) is 1. The first-order chi connectivity index (χ1) is 9.50. The first-order valence-corrected chi connectivity index (χ1v) is 7.31. The van der Waals surface area contributed by atoms with Gasteiger partial charge in [-0.3, -0.25) is 14.4 Å². The molecule has 0 aromatic rings. The minimum atomic E-state index is -0.630. The number of hydrogen-bond acceptors (Lipinski definition) is 4. The maximum Gasteiger partial charge on any atom is 0.238 e. The van der Waals surface area contributed by atoms with Crippen LogP contribution in [0, 0.1) is 0 Å². The Morgan fingerprint density at radius 1 is 1.19 bits per heavy atom. The molecule has 0 aliphatic carbocycles. The van der Waals surface area contributed by atoms with Gasteiger partial charge < -0.3 is 15.5 Å². The van der Waals surface area contributed by atoms with Crippen LogP contribution in [0.2, 0.25) is 0 Å². The molecule has 122 valence electrons. The predicted octanol–water partition coefficient (Wildman–Crippen LogP) is 0.705. The van der Waals surface area contributed by atoms with Crippen LogP contribution in [-0.2, 0) is 14.4 Å². The van der Waals surface area contributed by atoms with Crippen molar-refractivity contribution in [3.8, 4) is 0 Å². The van der Waals surface area contributed by atoms with Crippen LogP contribution in [0.25, 0.3) is 0 Å². The average Bonchev–Trinajstić information content (AvgIpc) is 2.35. The Morgan fingerprint density at radius 3 is 2.10 bits per heavy atom. The van der Waals surface area contributed by atoms with Gasteiger partial charge >= 0.3 is 0 Å². The van der Waals surface area contributed by atoms with E-state index in [9.17, 15) is 14.4 Å². The summed E-state index contributed by atoms with van der Waals surface area (Å²) in [6.45, 7) is 11.3. The fourth-order valence-electron chi connectivity index (χ4n) is 1.61. The topological polar surface area (TPSA) is 78.5 Å². The van der Waals surface area contributed by atoms with Crippen molar-refractivity contribution in [2.75, 3.05) is 13.6 Å². The zero-order chi connectivity index (χ0) is 16.8. The lowest BCUT2D eigenvalue weighted by atomic mass is 10.0. The van der Waals surface area contributed by atoms with Gasteiger partial charge in [0.1, 0.15) is 0 Å². The molecular formula is C15H29N3O3. The molecule has 6 nitrogen and oxygen atoms in total. The van der Waals surface area contributed by atoms with Crippen LogP contribution in [0.3, 0.4) is 0 Å². The molecule has 0 radical (unpaired) electrons. The van der Waals surface area contributed by atoms with Crippen molar-refractivity contribution in [3.05, 3.63) is 0 Å². The number of ketones is 1. The molecule has 0 heterocycles. The smallest absolute Gasteiger partial charge is 0.238 e. The Morgan fingerprint density at radius 2 is 1.71 bits per heavy atom. The Labute approximate surface area is 127 Å². The third-order valence-electron chi connectivity index (χ3n) is 3.49. The lowest BCUT2D eigenvalue weighted by Crippen LogP contribution is -2.52. The van der Waals surface area contributed by atoms with Gasteiger partial charge in [0, 0.05) is 12.6 Å². The molecule has 6 heteroatoms. The maximum atomic E-state index is 12.2. The molecule has 1 unspecified atom stereocenters. The molecule has 0 saturated carbocycles. The van der Waals surface area contributed by atoms with E-state index in [-0.39, 0.29) is 29.6 Å². The van der Waals surface area contributed by atoms with Crippen molar-refractivity contribution >= 4 is 17.6 Å². The highest BCUT2D eigenvalue weighted by Gasteiger charge is 2.28. The van der Waals surface area contributed by atoms with Crippen molar-refractivity contribution < 1.29 is 14.4 Å². The maximum absolute atomic E-state index is 12.2. The van der Waals surface area contributed by atoms with Crippen molar-refractivity contribution in [1.82, 2.24) is 15.5 Å². The molecule has 0 aromatic heterocycles. The monoisotopic (exact) mass is 299 g/mol. The molecule has 0 bridgehead atoms. The summed E-state index contributed by atoms with van der Waals surface area (Å²) in [5.41, 5.74) is -0.295. The molecule has 0 aromatic carbocycles. The van der Waals surface area contributed by atoms with E-state index in [1.165, 1.54) is 6.92 Å². The van der Waals surface area contributed by atoms with Crippen molar-refractivity contribution in [2.45, 2.75) is 65.6 Å². The van der Waals surface area contributed by atoms with Crippen LogP contribution in [0.15, 0.2) is 0 Å². The first kappa shape index (κ1) is 19.6. The third kappa shape index (κ3) is 6.71. The number of Topliss-reactive ketones (excluding diaryl/α,β-unsaturated/α-hetero) is 1. The Balaban J connectivity index is 4.80. The largest absolute Gasteiger partial charge is 0.345 e. The van der Waals surface area contributed by atoms with Crippen LogP contribution in [0.4, 0.5) is 0 Å². The quantitative estimate of drug-likeness (QED) is 0.725. The summed E-state index contributed by atoms with van der Waals surface area (Å²) in [5, 5.41) is 5.62. The molecule has 2 N–H and O–H groups in total. The molecule has 0 rings (SSSR count). The number of hydrogen-bond donors (Lipinski definition) is 2. The summed E-state index contributed by atoms with van der Waals surface area (Å²) in [5.74, 6) is -0.550. The zero-order valence-corrected chi connectivity index (χ0v) is 14.2. The summed E-state index contributed by atoms with van der Waals surface area (Å²) < 4.78 is 0. The molecule has 0 saturated heterocycles. The highest BCUT2D eigenvalue weighted by atomic mass is 16.2. The molecule has 0 spiro atoms. The molecule has 0 fully saturated rings. The summed E-state index contributed by atoms with van der Waals surface area (Å²) in [6.07, 6.45) is 0.0675. The molecule has 2 atom stereocenters. The lowest BCUT2D eigenvalue weighted by Gasteiger charge is -2.33. The van der Waals surface area contributed by atoms with E-state index in [1.54, 1.807) is 18.9 Å². The Kier molecular flexibility index (Phi) is 7.57. The lowest BCUT2D eigenvalue weighted by molar-refractivity contribution is -0.137. The first-order valence-electron chi connectivity index (χ1n) is 7.31. The van der Waals surface area contributed by atoms with E-state index < -0.39 is 12.1 Å². The minimum absolute atomic E-state index is 0.0675. The molecular weight excluding hydrogens is 270 g/mol. The summed E-state index contributed by atoms with van der Waals surface area (Å²) in [6, 6.07) is -1.18. The predicted molar refractivity (Wildman–Crippen MR) is 82.9 cm³/mol. The highest BCUT2D eigenvalue weighted by molar-refractivity contribution is 5.92. The van der Waals surface area contributed by atoms with Gasteiger partial charge in [0.25, 0.3) is 0 Å². The zero-order valence-electron chi connectivity index (χ0n) is 14.2. The fourth-order valence-corrected chi connectivity index (χ4v) is 1.61. The summed E-state index contributed by atoms with van der Waals surface area (Å²) in [4.78, 5) is 37.2. The molecule has 2 amide bonds. The van der Waals surface area contributed by atoms with Crippen LogP contribution in [0.1, 0.15) is 48.0 Å². The van der Waals surface area contributed by atoms with Gasteiger partial charge in [0.15, 0.2) is 5.78 Å². The summed E-state index contributed by atoms with van der Waals surface area (Å²) >= 11 is 0. The van der Waals surface area contributed by atoms with Crippen LogP contribution in [0.5, 0.6) is 0 Å². The number of nitrogens with one attached hydrogen (secondary N) is 2. The van der Waals surface area contributed by atoms with Gasteiger partial charge in [-0.2, -0.15) is 0 Å². The third-order valence-corrected chi connectivity index (χ3v) is 3.49. The van der Waals surface area contributed by atoms with Crippen LogP contribution in [-0.4, -0.2) is 53.7 Å². The van der Waals surface area contributed by atoms with Gasteiger partial charge in [0.2, 0.25) is 11.8 Å². The second-order valence-electron chi connectivity index (χ2n) is 6.28. The van der Waals surface area contributed by atoms with E-state index in [0.29, 0.717) is 6.54 Å². The standard InChI is InChI=1S/C15H29N3O3/c1-8-16-12(14(21)17-10(2)11(3)19)9-13(20)18(7)15(4,5)6/h10,12,16H,8-9H2,1-7H3,(H,17,21)/t10?,12-/m0/s1. The number of carbonyl (C=O) groups excluding carboxylic acids is 3. The molecule has 21 heavy (non-hydrogen) atoms. The van der Waals surface area contributed by atoms with E-state index in [1.807, 2.05) is 27.7 Å². The Hall–Kier alpha value is -1.43. The highest BCUT2D eigenvalue weighted by Crippen LogP contribution is 2.12. The van der Waals surface area contributed by atoms with E-state index in [0.717, 1.165) is 0 Å². The van der Waals surface area contributed by atoms with Gasteiger partial charge in [-0.05, 0) is 41.2 Å². The molecule has 0 aliphatic rings. The number of carbonyl (C=O) groups is 3. The minimum Gasteiger partial charge on any atom is -0.345 e. The van der Waals surface area contributed by atoms with Crippen molar-refractivity contribution in [1.29, 1.82) is 0 Å². The van der Waals surface area contributed by atoms with Crippen molar-refractivity contribution in [2.24, 2.45) is 0 Å². The Bertz CT molecular complexity index is 388. The van der Waals surface area contributed by atoms with Crippen LogP contribution < -0.4 is 10.6 Å². The van der Waals surface area contributed by atoms with Crippen molar-refractivity contribution in [3.63, 3.8) is 0 Å². The van der Waals surface area contributed by atoms with Crippen LogP contribution >= 0.6 is 0 Å². The van der Waals surface area contributed by atoms with Gasteiger partial charge in [-0.15, -0.1) is 0 Å². The second-order valence-corrected chi connectivity index (χ2v) is 6.28. The normalized spacial score (nSPS) is 14.2.